The predicted molar refractivity (Wildman–Crippen MR) is 100 cm³/mol. The molecule has 2 aromatic rings. The highest BCUT2D eigenvalue weighted by Gasteiger charge is 2.29. The van der Waals surface area contributed by atoms with E-state index in [1.54, 1.807) is 20.4 Å². The topological polar surface area (TPSA) is 99.8 Å². The second-order valence-electron chi connectivity index (χ2n) is 6.48. The molecule has 27 heavy (non-hydrogen) atoms. The van der Waals surface area contributed by atoms with E-state index in [1.807, 2.05) is 23.1 Å². The molecule has 1 aliphatic heterocycles. The number of hydrogen-bond acceptors (Lipinski definition) is 7. The van der Waals surface area contributed by atoms with Crippen molar-refractivity contribution < 1.29 is 19.0 Å². The van der Waals surface area contributed by atoms with Gasteiger partial charge < -0.3 is 19.9 Å². The Labute approximate surface area is 158 Å². The monoisotopic (exact) mass is 373 g/mol. The summed E-state index contributed by atoms with van der Waals surface area (Å²) >= 11 is 0. The third-order valence-electron chi connectivity index (χ3n) is 4.58. The van der Waals surface area contributed by atoms with E-state index in [0.29, 0.717) is 36.7 Å². The molecule has 1 amide bonds. The molecule has 2 N–H and O–H groups in total. The molecule has 1 aliphatic rings. The Balaban J connectivity index is 1.75. The van der Waals surface area contributed by atoms with Crippen LogP contribution in [0.5, 0.6) is 11.6 Å². The molecule has 1 radical (unpaired) electrons. The third-order valence-corrected chi connectivity index (χ3v) is 4.58. The summed E-state index contributed by atoms with van der Waals surface area (Å²) in [6.45, 7) is 1.65. The quantitative estimate of drug-likeness (QED) is 0.742. The van der Waals surface area contributed by atoms with E-state index in [4.69, 9.17) is 19.9 Å². The van der Waals surface area contributed by atoms with Crippen LogP contribution in [0, 0.1) is 6.42 Å². The van der Waals surface area contributed by atoms with Gasteiger partial charge in [-0.2, -0.15) is 0 Å². The maximum Gasteiger partial charge on any atom is 0.234 e. The average Bonchev–Trinajstić information content (AvgIpc) is 2.67. The predicted octanol–water partition coefficient (Wildman–Crippen LogP) is 1.19. The van der Waals surface area contributed by atoms with Crippen molar-refractivity contribution in [3.8, 4) is 11.6 Å². The number of primary amides is 1. The number of carbonyl (C=O) groups excluding carboxylic acids is 1. The second kappa shape index (κ2) is 8.96. The number of hydrogen-bond donors (Lipinski definition) is 1. The van der Waals surface area contributed by atoms with Crippen LogP contribution in [0.3, 0.4) is 0 Å². The van der Waals surface area contributed by atoms with Crippen LogP contribution in [0.1, 0.15) is 12.8 Å². The molecule has 3 rings (SSSR count). The molecule has 0 aliphatic carbocycles. The van der Waals surface area contributed by atoms with Crippen LogP contribution < -0.4 is 15.2 Å². The first-order valence-electron chi connectivity index (χ1n) is 8.92. The van der Waals surface area contributed by atoms with Crippen LogP contribution in [-0.2, 0) is 9.53 Å². The number of amides is 1. The second-order valence-corrected chi connectivity index (χ2v) is 6.48. The minimum atomic E-state index is -0.320. The molecule has 2 atom stereocenters. The summed E-state index contributed by atoms with van der Waals surface area (Å²) in [4.78, 5) is 22.7. The molecule has 1 saturated heterocycles. The molecular formula is C19H25N4O4. The smallest absolute Gasteiger partial charge is 0.234 e. The number of rotatable bonds is 8. The van der Waals surface area contributed by atoms with Gasteiger partial charge in [-0.15, -0.1) is 0 Å². The van der Waals surface area contributed by atoms with E-state index in [-0.39, 0.29) is 18.1 Å². The fourth-order valence-electron chi connectivity index (χ4n) is 3.25. The Morgan fingerprint density at radius 2 is 2.22 bits per heavy atom. The Hall–Kier alpha value is -2.45. The van der Waals surface area contributed by atoms with Gasteiger partial charge in [0.15, 0.2) is 0 Å². The van der Waals surface area contributed by atoms with Crippen LogP contribution in [0.4, 0.5) is 0 Å². The number of likely N-dealkylation sites (tertiary alicyclic amines) is 1. The number of piperidine rings is 1. The Morgan fingerprint density at radius 3 is 2.96 bits per heavy atom. The molecule has 1 aromatic carbocycles. The van der Waals surface area contributed by atoms with Gasteiger partial charge in [0.2, 0.25) is 11.8 Å². The number of nitrogens with two attached hydrogens (primary N) is 1. The summed E-state index contributed by atoms with van der Waals surface area (Å²) in [7, 11) is 3.22. The molecule has 1 fully saturated rings. The highest BCUT2D eigenvalue weighted by atomic mass is 16.5. The molecule has 8 nitrogen and oxygen atoms in total. The van der Waals surface area contributed by atoms with E-state index < -0.39 is 0 Å². The molecule has 2 heterocycles. The fraction of sp³-hybridized carbons (Fsp3) is 0.474. The van der Waals surface area contributed by atoms with Crippen molar-refractivity contribution in [1.82, 2.24) is 14.9 Å². The van der Waals surface area contributed by atoms with Crippen molar-refractivity contribution in [1.29, 1.82) is 0 Å². The van der Waals surface area contributed by atoms with Crippen molar-refractivity contribution in [2.45, 2.75) is 25.0 Å². The molecule has 0 spiro atoms. The number of ether oxygens (including phenoxy) is 3. The van der Waals surface area contributed by atoms with E-state index in [1.165, 1.54) is 0 Å². The fourth-order valence-corrected chi connectivity index (χ4v) is 3.25. The molecule has 145 valence electrons. The summed E-state index contributed by atoms with van der Waals surface area (Å²) in [5.41, 5.74) is 6.98. The Kier molecular flexibility index (Phi) is 6.41. The standard InChI is InChI=1S/C19H25N4O4/c1-25-12-14(11-23-8-4-3-5-17(23)19(20)24)27-18-10-21-15-7-6-13(26-2)9-16(15)22-18/h3,6-7,9-10,14,17H,4-5,8,11-12H2,1-2H3,(H2,20,24). The number of aromatic nitrogens is 2. The van der Waals surface area contributed by atoms with Crippen LogP contribution in [-0.4, -0.2) is 66.8 Å². The maximum absolute atomic E-state index is 11.7. The van der Waals surface area contributed by atoms with Gasteiger partial charge in [0.1, 0.15) is 11.9 Å². The maximum atomic E-state index is 11.7. The highest BCUT2D eigenvalue weighted by Crippen LogP contribution is 2.21. The lowest BCUT2D eigenvalue weighted by atomic mass is 10.0. The van der Waals surface area contributed by atoms with Crippen LogP contribution in [0.2, 0.25) is 0 Å². The van der Waals surface area contributed by atoms with Gasteiger partial charge in [-0.3, -0.25) is 9.69 Å². The van der Waals surface area contributed by atoms with E-state index in [9.17, 15) is 4.79 Å². The molecule has 2 unspecified atom stereocenters. The zero-order valence-corrected chi connectivity index (χ0v) is 15.6. The van der Waals surface area contributed by atoms with Crippen LogP contribution in [0.15, 0.2) is 24.4 Å². The van der Waals surface area contributed by atoms with Crippen molar-refractivity contribution in [3.63, 3.8) is 0 Å². The summed E-state index contributed by atoms with van der Waals surface area (Å²) in [5, 5.41) is 0. The largest absolute Gasteiger partial charge is 0.497 e. The molecule has 0 bridgehead atoms. The van der Waals surface area contributed by atoms with Crippen molar-refractivity contribution in [2.24, 2.45) is 5.73 Å². The number of benzene rings is 1. The van der Waals surface area contributed by atoms with Gasteiger partial charge in [-0.05, 0) is 37.9 Å². The normalized spacial score (nSPS) is 19.0. The van der Waals surface area contributed by atoms with Crippen molar-refractivity contribution in [2.75, 3.05) is 33.9 Å². The minimum absolute atomic E-state index is 0.299. The van der Waals surface area contributed by atoms with E-state index in [0.717, 1.165) is 18.5 Å². The lowest BCUT2D eigenvalue weighted by molar-refractivity contribution is -0.124. The van der Waals surface area contributed by atoms with E-state index in [2.05, 4.69) is 16.4 Å². The van der Waals surface area contributed by atoms with Gasteiger partial charge in [-0.1, -0.05) is 0 Å². The molecule has 0 saturated carbocycles. The lowest BCUT2D eigenvalue weighted by Crippen LogP contribution is -2.51. The lowest BCUT2D eigenvalue weighted by Gasteiger charge is -2.35. The van der Waals surface area contributed by atoms with Crippen LogP contribution >= 0.6 is 0 Å². The van der Waals surface area contributed by atoms with E-state index >= 15 is 0 Å². The van der Waals surface area contributed by atoms with Crippen molar-refractivity contribution in [3.05, 3.63) is 30.8 Å². The van der Waals surface area contributed by atoms with Crippen molar-refractivity contribution >= 4 is 16.9 Å². The summed E-state index contributed by atoms with van der Waals surface area (Å²) in [5.74, 6) is 0.785. The number of carbonyl (C=O) groups is 1. The third kappa shape index (κ3) is 4.84. The summed E-state index contributed by atoms with van der Waals surface area (Å²) < 4.78 is 16.6. The first-order valence-corrected chi connectivity index (χ1v) is 8.92. The van der Waals surface area contributed by atoms with Gasteiger partial charge >= 0.3 is 0 Å². The van der Waals surface area contributed by atoms with Crippen LogP contribution in [0.25, 0.3) is 11.0 Å². The Morgan fingerprint density at radius 1 is 1.37 bits per heavy atom. The van der Waals surface area contributed by atoms with Gasteiger partial charge in [0, 0.05) is 19.7 Å². The number of fused-ring (bicyclic) bond motifs is 1. The first-order chi connectivity index (χ1) is 13.1. The Bertz CT molecular complexity index is 785. The SMILES string of the molecule is COCC(CN1CC[CH]CC1C(N)=O)Oc1cnc2ccc(OC)cc2n1. The number of methoxy groups -OCH3 is 2. The molecule has 8 heteroatoms. The molecule has 1 aromatic heterocycles. The summed E-state index contributed by atoms with van der Waals surface area (Å²) in [6, 6.07) is 5.18. The zero-order valence-electron chi connectivity index (χ0n) is 15.6. The van der Waals surface area contributed by atoms with Gasteiger partial charge in [0.05, 0.1) is 37.0 Å². The molecular weight excluding hydrogens is 348 g/mol. The average molecular weight is 373 g/mol. The summed E-state index contributed by atoms with van der Waals surface area (Å²) in [6.07, 6.45) is 4.96. The highest BCUT2D eigenvalue weighted by molar-refractivity contribution is 5.80. The minimum Gasteiger partial charge on any atom is -0.497 e. The zero-order chi connectivity index (χ0) is 19.2. The van der Waals surface area contributed by atoms with Gasteiger partial charge in [0.25, 0.3) is 0 Å². The van der Waals surface area contributed by atoms with Gasteiger partial charge in [-0.25, -0.2) is 9.97 Å². The number of nitrogens with zero attached hydrogens (tertiary/aromatic N) is 3. The first kappa shape index (κ1) is 19.3.